The highest BCUT2D eigenvalue weighted by molar-refractivity contribution is 5.34. The lowest BCUT2D eigenvalue weighted by atomic mass is 10.2. The quantitative estimate of drug-likeness (QED) is 0.863. The molecule has 0 atom stereocenters. The number of aliphatic hydroxyl groups excluding tert-OH is 1. The maximum atomic E-state index is 9.06. The fourth-order valence-corrected chi connectivity index (χ4v) is 1.53. The molecule has 0 amide bonds. The molecule has 0 fully saturated rings. The number of nitrogens with one attached hydrogen (secondary N) is 1. The Hall–Kier alpha value is -2.14. The van der Waals surface area contributed by atoms with Crippen LogP contribution in [0.1, 0.15) is 11.3 Å². The number of benzene rings is 1. The Morgan fingerprint density at radius 2 is 2.11 bits per heavy atom. The van der Waals surface area contributed by atoms with Gasteiger partial charge in [-0.3, -0.25) is 0 Å². The van der Waals surface area contributed by atoms with E-state index in [2.05, 4.69) is 15.3 Å². The molecule has 0 aliphatic heterocycles. The first kappa shape index (κ1) is 12.3. The van der Waals surface area contributed by atoms with Crippen molar-refractivity contribution in [3.63, 3.8) is 0 Å². The van der Waals surface area contributed by atoms with Crippen LogP contribution in [0.25, 0.3) is 0 Å². The summed E-state index contributed by atoms with van der Waals surface area (Å²) in [4.78, 5) is 8.38. The maximum Gasteiger partial charge on any atom is 0.225 e. The SMILES string of the molecule is CNc1nc(C)cc(Oc2cccc(CO)c2)n1. The number of aromatic nitrogens is 2. The van der Waals surface area contributed by atoms with Gasteiger partial charge in [0.15, 0.2) is 0 Å². The first-order chi connectivity index (χ1) is 8.71. The summed E-state index contributed by atoms with van der Waals surface area (Å²) in [7, 11) is 1.75. The van der Waals surface area contributed by atoms with Crippen LogP contribution in [-0.4, -0.2) is 22.1 Å². The monoisotopic (exact) mass is 245 g/mol. The molecule has 18 heavy (non-hydrogen) atoms. The minimum Gasteiger partial charge on any atom is -0.439 e. The van der Waals surface area contributed by atoms with Crippen LogP contribution in [-0.2, 0) is 6.61 Å². The van der Waals surface area contributed by atoms with E-state index in [0.29, 0.717) is 17.6 Å². The molecule has 1 heterocycles. The van der Waals surface area contributed by atoms with Crippen molar-refractivity contribution in [2.45, 2.75) is 13.5 Å². The van der Waals surface area contributed by atoms with Gasteiger partial charge in [0, 0.05) is 18.8 Å². The van der Waals surface area contributed by atoms with E-state index in [1.807, 2.05) is 25.1 Å². The predicted molar refractivity (Wildman–Crippen MR) is 68.8 cm³/mol. The molecule has 0 aliphatic carbocycles. The molecule has 5 nitrogen and oxygen atoms in total. The van der Waals surface area contributed by atoms with Crippen molar-refractivity contribution in [3.8, 4) is 11.6 Å². The summed E-state index contributed by atoms with van der Waals surface area (Å²) in [6.07, 6.45) is 0. The molecule has 0 radical (unpaired) electrons. The number of rotatable bonds is 4. The standard InChI is InChI=1S/C13H15N3O2/c1-9-6-12(16-13(14-2)15-9)18-11-5-3-4-10(7-11)8-17/h3-7,17H,8H2,1-2H3,(H,14,15,16). The number of hydrogen-bond donors (Lipinski definition) is 2. The second kappa shape index (κ2) is 5.46. The van der Waals surface area contributed by atoms with E-state index >= 15 is 0 Å². The third-order valence-corrected chi connectivity index (χ3v) is 2.36. The number of hydrogen-bond acceptors (Lipinski definition) is 5. The zero-order valence-corrected chi connectivity index (χ0v) is 10.3. The van der Waals surface area contributed by atoms with Crippen molar-refractivity contribution < 1.29 is 9.84 Å². The Labute approximate surface area is 105 Å². The van der Waals surface area contributed by atoms with Crippen LogP contribution >= 0.6 is 0 Å². The van der Waals surface area contributed by atoms with Gasteiger partial charge >= 0.3 is 0 Å². The van der Waals surface area contributed by atoms with Crippen LogP contribution in [0.4, 0.5) is 5.95 Å². The molecular formula is C13H15N3O2. The zero-order valence-electron chi connectivity index (χ0n) is 10.3. The van der Waals surface area contributed by atoms with Crippen LogP contribution in [0.5, 0.6) is 11.6 Å². The molecule has 0 saturated heterocycles. The highest BCUT2D eigenvalue weighted by Crippen LogP contribution is 2.22. The molecule has 1 aromatic heterocycles. The summed E-state index contributed by atoms with van der Waals surface area (Å²) in [6, 6.07) is 9.00. The highest BCUT2D eigenvalue weighted by Gasteiger charge is 2.03. The van der Waals surface area contributed by atoms with Crippen molar-refractivity contribution in [2.75, 3.05) is 12.4 Å². The summed E-state index contributed by atoms with van der Waals surface area (Å²) in [6.45, 7) is 1.86. The molecular weight excluding hydrogens is 230 g/mol. The van der Waals surface area contributed by atoms with Gasteiger partial charge in [0.25, 0.3) is 0 Å². The molecule has 0 aliphatic rings. The molecule has 1 aromatic carbocycles. The van der Waals surface area contributed by atoms with Crippen molar-refractivity contribution in [3.05, 3.63) is 41.6 Å². The van der Waals surface area contributed by atoms with Crippen LogP contribution < -0.4 is 10.1 Å². The van der Waals surface area contributed by atoms with Gasteiger partial charge in [0.05, 0.1) is 6.61 Å². The lowest BCUT2D eigenvalue weighted by molar-refractivity contribution is 0.281. The van der Waals surface area contributed by atoms with E-state index < -0.39 is 0 Å². The van der Waals surface area contributed by atoms with Gasteiger partial charge in [-0.1, -0.05) is 12.1 Å². The van der Waals surface area contributed by atoms with Gasteiger partial charge in [-0.25, -0.2) is 4.98 Å². The van der Waals surface area contributed by atoms with Crippen LogP contribution in [0.15, 0.2) is 30.3 Å². The summed E-state index contributed by atoms with van der Waals surface area (Å²) in [5.74, 6) is 1.63. The van der Waals surface area contributed by atoms with E-state index in [1.54, 1.807) is 19.2 Å². The summed E-state index contributed by atoms with van der Waals surface area (Å²) >= 11 is 0. The van der Waals surface area contributed by atoms with Crippen LogP contribution in [0, 0.1) is 6.92 Å². The highest BCUT2D eigenvalue weighted by atomic mass is 16.5. The second-order valence-electron chi connectivity index (χ2n) is 3.83. The van der Waals surface area contributed by atoms with Crippen molar-refractivity contribution >= 4 is 5.95 Å². The van der Waals surface area contributed by atoms with E-state index in [1.165, 1.54) is 0 Å². The molecule has 2 aromatic rings. The second-order valence-corrected chi connectivity index (χ2v) is 3.83. The molecule has 0 spiro atoms. The molecule has 0 bridgehead atoms. The van der Waals surface area contributed by atoms with Gasteiger partial charge < -0.3 is 15.2 Å². The van der Waals surface area contributed by atoms with Gasteiger partial charge in [-0.15, -0.1) is 0 Å². The normalized spacial score (nSPS) is 10.2. The Bertz CT molecular complexity index is 544. The van der Waals surface area contributed by atoms with E-state index in [-0.39, 0.29) is 6.61 Å². The first-order valence-electron chi connectivity index (χ1n) is 5.62. The molecule has 0 unspecified atom stereocenters. The minimum atomic E-state index is -0.0121. The van der Waals surface area contributed by atoms with Gasteiger partial charge in [0.2, 0.25) is 11.8 Å². The van der Waals surface area contributed by atoms with Gasteiger partial charge in [-0.05, 0) is 24.6 Å². The largest absolute Gasteiger partial charge is 0.439 e. The third-order valence-electron chi connectivity index (χ3n) is 2.36. The summed E-state index contributed by atoms with van der Waals surface area (Å²) < 4.78 is 5.64. The predicted octanol–water partition coefficient (Wildman–Crippen LogP) is 2.11. The Morgan fingerprint density at radius 1 is 1.28 bits per heavy atom. The summed E-state index contributed by atoms with van der Waals surface area (Å²) in [5.41, 5.74) is 1.62. The van der Waals surface area contributed by atoms with Gasteiger partial charge in [0.1, 0.15) is 5.75 Å². The first-order valence-corrected chi connectivity index (χ1v) is 5.62. The van der Waals surface area contributed by atoms with Crippen LogP contribution in [0.3, 0.4) is 0 Å². The topological polar surface area (TPSA) is 67.3 Å². The number of aryl methyl sites for hydroxylation is 1. The third kappa shape index (κ3) is 2.95. The lowest BCUT2D eigenvalue weighted by Gasteiger charge is -2.08. The molecule has 2 N–H and O–H groups in total. The summed E-state index contributed by atoms with van der Waals surface area (Å²) in [5, 5.41) is 11.9. The maximum absolute atomic E-state index is 9.06. The number of aliphatic hydroxyl groups is 1. The van der Waals surface area contributed by atoms with Gasteiger partial charge in [-0.2, -0.15) is 4.98 Å². The smallest absolute Gasteiger partial charge is 0.225 e. The van der Waals surface area contributed by atoms with Crippen molar-refractivity contribution in [1.82, 2.24) is 9.97 Å². The van der Waals surface area contributed by atoms with Crippen LogP contribution in [0.2, 0.25) is 0 Å². The zero-order chi connectivity index (χ0) is 13.0. The Kier molecular flexibility index (Phi) is 3.74. The van der Waals surface area contributed by atoms with Crippen molar-refractivity contribution in [2.24, 2.45) is 0 Å². The minimum absolute atomic E-state index is 0.0121. The Balaban J connectivity index is 2.24. The molecule has 0 saturated carbocycles. The fourth-order valence-electron chi connectivity index (χ4n) is 1.53. The number of nitrogens with zero attached hydrogens (tertiary/aromatic N) is 2. The number of anilines is 1. The Morgan fingerprint density at radius 3 is 2.83 bits per heavy atom. The molecule has 2 rings (SSSR count). The number of ether oxygens (including phenoxy) is 1. The van der Waals surface area contributed by atoms with E-state index in [0.717, 1.165) is 11.3 Å². The molecule has 94 valence electrons. The van der Waals surface area contributed by atoms with Crippen molar-refractivity contribution in [1.29, 1.82) is 0 Å². The average Bonchev–Trinajstić information content (AvgIpc) is 2.38. The fraction of sp³-hybridized carbons (Fsp3) is 0.231. The average molecular weight is 245 g/mol. The van der Waals surface area contributed by atoms with E-state index in [4.69, 9.17) is 9.84 Å². The van der Waals surface area contributed by atoms with E-state index in [9.17, 15) is 0 Å². The molecule has 5 heteroatoms. The lowest BCUT2D eigenvalue weighted by Crippen LogP contribution is -1.99.